The van der Waals surface area contributed by atoms with Crippen LogP contribution >= 0.6 is 23.1 Å². The van der Waals surface area contributed by atoms with Crippen molar-refractivity contribution in [1.82, 2.24) is 4.98 Å². The zero-order valence-corrected chi connectivity index (χ0v) is 21.1. The molecule has 1 heterocycles. The number of rotatable bonds is 5. The Labute approximate surface area is 208 Å². The van der Waals surface area contributed by atoms with E-state index in [0.717, 1.165) is 42.3 Å². The van der Waals surface area contributed by atoms with E-state index in [4.69, 9.17) is 4.98 Å². The average Bonchev–Trinajstić information content (AvgIpc) is 3.24. The maximum Gasteiger partial charge on any atom is 0.151 e. The number of hydrogen-bond acceptors (Lipinski definition) is 5. The fourth-order valence-corrected chi connectivity index (χ4v) is 5.90. The summed E-state index contributed by atoms with van der Waals surface area (Å²) in [6.07, 6.45) is 1.75. The molecular formula is C29H26N2OS2. The molecule has 0 aliphatic rings. The number of aliphatic imine (C=N–C) groups is 1. The van der Waals surface area contributed by atoms with Crippen molar-refractivity contribution in [3.63, 3.8) is 0 Å². The van der Waals surface area contributed by atoms with Crippen LogP contribution in [0, 0.1) is 0 Å². The molecule has 5 rings (SSSR count). The van der Waals surface area contributed by atoms with Gasteiger partial charge in [0.1, 0.15) is 5.75 Å². The van der Waals surface area contributed by atoms with Crippen LogP contribution in [0.15, 0.2) is 88.2 Å². The Balaban J connectivity index is 1.33. The number of aromatic hydroxyl groups is 1. The Morgan fingerprint density at radius 2 is 1.76 bits per heavy atom. The maximum absolute atomic E-state index is 10.4. The van der Waals surface area contributed by atoms with Crippen LogP contribution in [0.25, 0.3) is 21.0 Å². The molecule has 0 saturated heterocycles. The van der Waals surface area contributed by atoms with Crippen molar-refractivity contribution >= 4 is 56.0 Å². The molecule has 0 fully saturated rings. The first-order chi connectivity index (χ1) is 16.4. The second kappa shape index (κ2) is 9.24. The fraction of sp³-hybridized carbons (Fsp3) is 0.172. The first-order valence-corrected chi connectivity index (χ1v) is 13.0. The molecule has 0 radical (unpaired) electrons. The third-order valence-corrected chi connectivity index (χ3v) is 8.06. The molecule has 1 N–H and O–H groups in total. The van der Waals surface area contributed by atoms with Crippen LogP contribution in [-0.4, -0.2) is 16.3 Å². The highest BCUT2D eigenvalue weighted by atomic mass is 32.2. The Hall–Kier alpha value is -3.15. The molecule has 4 aromatic carbocycles. The summed E-state index contributed by atoms with van der Waals surface area (Å²) < 4.78 is 2.17. The summed E-state index contributed by atoms with van der Waals surface area (Å²) in [5, 5.41) is 12.4. The number of benzene rings is 4. The smallest absolute Gasteiger partial charge is 0.151 e. The molecule has 0 unspecified atom stereocenters. The summed E-state index contributed by atoms with van der Waals surface area (Å²) in [4.78, 5) is 9.44. The third-order valence-electron chi connectivity index (χ3n) is 5.83. The minimum atomic E-state index is 0.172. The average molecular weight is 483 g/mol. The number of fused-ring (bicyclic) bond motifs is 2. The SMILES string of the molecule is CC(C)(C)c1ccc(CSc2nc3ccc(N=Cc4c(O)ccc5ccccc45)cc3s2)cc1. The van der Waals surface area contributed by atoms with Crippen molar-refractivity contribution in [2.75, 3.05) is 0 Å². The van der Waals surface area contributed by atoms with Crippen molar-refractivity contribution in [2.45, 2.75) is 36.3 Å². The number of thioether (sulfide) groups is 1. The van der Waals surface area contributed by atoms with Crippen LogP contribution in [0.5, 0.6) is 5.75 Å². The highest BCUT2D eigenvalue weighted by Crippen LogP contribution is 2.34. The van der Waals surface area contributed by atoms with E-state index in [9.17, 15) is 5.11 Å². The molecule has 0 atom stereocenters. The van der Waals surface area contributed by atoms with Crippen molar-refractivity contribution in [3.8, 4) is 5.75 Å². The predicted octanol–water partition coefficient (Wildman–Crippen LogP) is 8.50. The fourth-order valence-electron chi connectivity index (χ4n) is 3.84. The van der Waals surface area contributed by atoms with Gasteiger partial charge in [-0.3, -0.25) is 4.99 Å². The summed E-state index contributed by atoms with van der Waals surface area (Å²) in [6.45, 7) is 6.71. The van der Waals surface area contributed by atoms with Crippen LogP contribution in [0.1, 0.15) is 37.5 Å². The first-order valence-electron chi connectivity index (χ1n) is 11.2. The van der Waals surface area contributed by atoms with E-state index in [1.54, 1.807) is 35.4 Å². The summed E-state index contributed by atoms with van der Waals surface area (Å²) in [7, 11) is 0. The quantitative estimate of drug-likeness (QED) is 0.202. The third kappa shape index (κ3) is 4.86. The van der Waals surface area contributed by atoms with Gasteiger partial charge in [0.05, 0.1) is 15.9 Å². The maximum atomic E-state index is 10.4. The second-order valence-electron chi connectivity index (χ2n) is 9.35. The van der Waals surface area contributed by atoms with E-state index in [2.05, 4.69) is 56.1 Å². The highest BCUT2D eigenvalue weighted by molar-refractivity contribution is 8.00. The lowest BCUT2D eigenvalue weighted by atomic mass is 9.87. The summed E-state index contributed by atoms with van der Waals surface area (Å²) in [6, 6.07) is 26.6. The summed E-state index contributed by atoms with van der Waals surface area (Å²) in [5.41, 5.74) is 5.39. The van der Waals surface area contributed by atoms with Crippen LogP contribution < -0.4 is 0 Å². The Morgan fingerprint density at radius 3 is 2.56 bits per heavy atom. The minimum absolute atomic E-state index is 0.172. The minimum Gasteiger partial charge on any atom is -0.507 e. The Bertz CT molecular complexity index is 1490. The molecule has 0 aliphatic carbocycles. The molecular weight excluding hydrogens is 456 g/mol. The molecule has 34 heavy (non-hydrogen) atoms. The largest absolute Gasteiger partial charge is 0.507 e. The molecule has 1 aromatic heterocycles. The van der Waals surface area contributed by atoms with Crippen LogP contribution in [0.3, 0.4) is 0 Å². The molecule has 5 aromatic rings. The Morgan fingerprint density at radius 1 is 0.971 bits per heavy atom. The van der Waals surface area contributed by atoms with Crippen LogP contribution in [0.4, 0.5) is 5.69 Å². The highest BCUT2D eigenvalue weighted by Gasteiger charge is 2.13. The van der Waals surface area contributed by atoms with E-state index < -0.39 is 0 Å². The number of thiazole rings is 1. The molecule has 0 aliphatic heterocycles. The number of phenolic OH excluding ortho intramolecular Hbond substituents is 1. The summed E-state index contributed by atoms with van der Waals surface area (Å²) >= 11 is 3.46. The molecule has 170 valence electrons. The first kappa shape index (κ1) is 22.6. The van der Waals surface area contributed by atoms with Crippen LogP contribution in [0.2, 0.25) is 0 Å². The Kier molecular flexibility index (Phi) is 6.15. The van der Waals surface area contributed by atoms with Crippen molar-refractivity contribution in [1.29, 1.82) is 0 Å². The van der Waals surface area contributed by atoms with Gasteiger partial charge in [0.15, 0.2) is 4.34 Å². The molecule has 0 saturated carbocycles. The molecule has 3 nitrogen and oxygen atoms in total. The van der Waals surface area contributed by atoms with E-state index >= 15 is 0 Å². The van der Waals surface area contributed by atoms with Gasteiger partial charge in [0.2, 0.25) is 0 Å². The van der Waals surface area contributed by atoms with Gasteiger partial charge < -0.3 is 5.11 Å². The topological polar surface area (TPSA) is 45.5 Å². The van der Waals surface area contributed by atoms with Gasteiger partial charge in [-0.1, -0.05) is 87.1 Å². The van der Waals surface area contributed by atoms with E-state index in [-0.39, 0.29) is 11.2 Å². The lowest BCUT2D eigenvalue weighted by molar-refractivity contribution is 0.475. The lowest BCUT2D eigenvalue weighted by Crippen LogP contribution is -2.10. The zero-order valence-electron chi connectivity index (χ0n) is 19.4. The molecule has 0 amide bonds. The van der Waals surface area contributed by atoms with Crippen molar-refractivity contribution in [3.05, 3.63) is 95.6 Å². The van der Waals surface area contributed by atoms with Crippen LogP contribution in [-0.2, 0) is 11.2 Å². The molecule has 0 spiro atoms. The monoisotopic (exact) mass is 482 g/mol. The second-order valence-corrected chi connectivity index (χ2v) is 11.6. The van der Waals surface area contributed by atoms with Gasteiger partial charge in [0, 0.05) is 17.5 Å². The zero-order chi connectivity index (χ0) is 23.7. The van der Waals surface area contributed by atoms with E-state index in [1.165, 1.54) is 11.1 Å². The van der Waals surface area contributed by atoms with Crippen molar-refractivity contribution < 1.29 is 5.11 Å². The number of aromatic nitrogens is 1. The van der Waals surface area contributed by atoms with Gasteiger partial charge in [-0.05, 0) is 51.6 Å². The van der Waals surface area contributed by atoms with Gasteiger partial charge >= 0.3 is 0 Å². The van der Waals surface area contributed by atoms with Gasteiger partial charge in [0.25, 0.3) is 0 Å². The molecule has 5 heteroatoms. The number of phenols is 1. The normalized spacial score (nSPS) is 12.2. The number of nitrogens with zero attached hydrogens (tertiary/aromatic N) is 2. The van der Waals surface area contributed by atoms with Crippen molar-refractivity contribution in [2.24, 2.45) is 4.99 Å². The van der Waals surface area contributed by atoms with Gasteiger partial charge in [-0.15, -0.1) is 11.3 Å². The standard InChI is InChI=1S/C29H26N2OS2/c1-29(2,3)21-11-8-19(9-12-21)18-33-28-31-25-14-13-22(16-27(25)34-28)30-17-24-23-7-5-4-6-20(23)10-15-26(24)32/h4-17,32H,18H2,1-3H3. The summed E-state index contributed by atoms with van der Waals surface area (Å²) in [5.74, 6) is 1.13. The lowest BCUT2D eigenvalue weighted by Gasteiger charge is -2.19. The van der Waals surface area contributed by atoms with Gasteiger partial charge in [-0.25, -0.2) is 4.98 Å². The van der Waals surface area contributed by atoms with Gasteiger partial charge in [-0.2, -0.15) is 0 Å². The van der Waals surface area contributed by atoms with E-state index in [0.29, 0.717) is 0 Å². The molecule has 0 bridgehead atoms. The van der Waals surface area contributed by atoms with E-state index in [1.807, 2.05) is 42.5 Å². The predicted molar refractivity (Wildman–Crippen MR) is 147 cm³/mol. The number of hydrogen-bond donors (Lipinski definition) is 1.